The van der Waals surface area contributed by atoms with Gasteiger partial charge in [0.2, 0.25) is 0 Å². The minimum absolute atomic E-state index is 0.121. The van der Waals surface area contributed by atoms with Crippen molar-refractivity contribution in [3.63, 3.8) is 0 Å². The highest BCUT2D eigenvalue weighted by atomic mass is 79.9. The smallest absolute Gasteiger partial charge is 0.181 e. The van der Waals surface area contributed by atoms with Crippen molar-refractivity contribution in [2.75, 3.05) is 0 Å². The lowest BCUT2D eigenvalue weighted by Crippen LogP contribution is -2.27. The lowest BCUT2D eigenvalue weighted by molar-refractivity contribution is 0.547. The van der Waals surface area contributed by atoms with Gasteiger partial charge in [-0.15, -0.1) is 0 Å². The Balaban J connectivity index is 1.78. The Kier molecular flexibility index (Phi) is 1.96. The quantitative estimate of drug-likeness (QED) is 0.786. The van der Waals surface area contributed by atoms with Gasteiger partial charge in [0.1, 0.15) is 0 Å². The summed E-state index contributed by atoms with van der Waals surface area (Å²) >= 11 is 3.69. The molecule has 0 radical (unpaired) electrons. The summed E-state index contributed by atoms with van der Waals surface area (Å²) in [5.74, 6) is 2.12. The number of hydrogen-bond acceptors (Lipinski definition) is 2. The van der Waals surface area contributed by atoms with Crippen LogP contribution in [0.4, 0.5) is 0 Å². The topological polar surface area (TPSA) is 34.1 Å². The Morgan fingerprint density at radius 1 is 1.06 bits per heavy atom. The van der Waals surface area contributed by atoms with E-state index in [0.717, 1.165) is 6.42 Å². The van der Waals surface area contributed by atoms with Crippen LogP contribution in [0.1, 0.15) is 6.42 Å². The fourth-order valence-electron chi connectivity index (χ4n) is 4.19. The summed E-state index contributed by atoms with van der Waals surface area (Å²) in [5, 5.41) is -0.121. The predicted octanol–water partition coefficient (Wildman–Crippen LogP) is 2.49. The maximum atomic E-state index is 12.6. The molecule has 0 heterocycles. The lowest BCUT2D eigenvalue weighted by Gasteiger charge is -2.17. The Morgan fingerprint density at radius 2 is 1.76 bits per heavy atom. The van der Waals surface area contributed by atoms with Gasteiger partial charge < -0.3 is 0 Å². The zero-order valence-corrected chi connectivity index (χ0v) is 11.6. The van der Waals surface area contributed by atoms with Gasteiger partial charge in [0.15, 0.2) is 9.84 Å². The monoisotopic (exact) mass is 312 g/mol. The van der Waals surface area contributed by atoms with Crippen LogP contribution in [0.2, 0.25) is 0 Å². The van der Waals surface area contributed by atoms with Crippen LogP contribution < -0.4 is 0 Å². The third-order valence-corrected chi connectivity index (χ3v) is 8.44. The summed E-state index contributed by atoms with van der Waals surface area (Å²) in [6.07, 6.45) is 1.11. The maximum Gasteiger partial charge on any atom is 0.181 e. The van der Waals surface area contributed by atoms with Crippen LogP contribution in [-0.4, -0.2) is 18.5 Å². The van der Waals surface area contributed by atoms with Crippen molar-refractivity contribution in [3.8, 4) is 0 Å². The first-order valence-corrected chi connectivity index (χ1v) is 8.51. The maximum absolute atomic E-state index is 12.6. The zero-order chi connectivity index (χ0) is 11.8. The second-order valence-electron chi connectivity index (χ2n) is 5.49. The summed E-state index contributed by atoms with van der Waals surface area (Å²) in [7, 11) is -3.12. The van der Waals surface area contributed by atoms with Gasteiger partial charge in [-0.05, 0) is 42.2 Å². The molecule has 0 N–H and O–H groups in total. The summed E-state index contributed by atoms with van der Waals surface area (Å²) in [5.41, 5.74) is 0. The van der Waals surface area contributed by atoms with E-state index in [4.69, 9.17) is 0 Å². The van der Waals surface area contributed by atoms with Crippen molar-refractivity contribution >= 4 is 25.8 Å². The van der Waals surface area contributed by atoms with Crippen molar-refractivity contribution in [2.24, 2.45) is 23.7 Å². The Hall–Kier alpha value is -0.350. The Labute approximate surface area is 109 Å². The van der Waals surface area contributed by atoms with Crippen molar-refractivity contribution in [2.45, 2.75) is 21.4 Å². The van der Waals surface area contributed by atoms with Crippen LogP contribution in [0.5, 0.6) is 0 Å². The van der Waals surface area contributed by atoms with E-state index < -0.39 is 9.84 Å². The molecule has 17 heavy (non-hydrogen) atoms. The molecule has 0 amide bonds. The van der Waals surface area contributed by atoms with E-state index in [-0.39, 0.29) is 5.25 Å². The Bertz CT molecular complexity index is 568. The molecule has 0 aromatic heterocycles. The minimum Gasteiger partial charge on any atom is -0.223 e. The van der Waals surface area contributed by atoms with E-state index >= 15 is 0 Å². The third-order valence-electron chi connectivity index (χ3n) is 4.84. The van der Waals surface area contributed by atoms with Crippen LogP contribution in [0.3, 0.4) is 0 Å². The van der Waals surface area contributed by atoms with Crippen LogP contribution in [0.15, 0.2) is 35.2 Å². The SMILES string of the molecule is O=S(=O)(c1ccccc1)[C@H]1[C@H]2C[C@H]3[C@@H]([C@@H]2Br)[C@@H]31. The zero-order valence-electron chi connectivity index (χ0n) is 9.16. The number of sulfone groups is 1. The van der Waals surface area contributed by atoms with Gasteiger partial charge in [-0.3, -0.25) is 0 Å². The molecule has 4 aliphatic rings. The highest BCUT2D eigenvalue weighted by Crippen LogP contribution is 2.74. The lowest BCUT2D eigenvalue weighted by atomic mass is 10.1. The first kappa shape index (κ1) is 10.6. The predicted molar refractivity (Wildman–Crippen MR) is 68.7 cm³/mol. The number of rotatable bonds is 2. The number of alkyl halides is 1. The molecule has 2 nitrogen and oxygen atoms in total. The Morgan fingerprint density at radius 3 is 2.24 bits per heavy atom. The second-order valence-corrected chi connectivity index (χ2v) is 8.65. The molecular weight excluding hydrogens is 300 g/mol. The fourth-order valence-corrected chi connectivity index (χ4v) is 8.07. The second kappa shape index (κ2) is 3.15. The molecular formula is C13H13BrO2S. The van der Waals surface area contributed by atoms with E-state index in [1.807, 2.05) is 18.2 Å². The van der Waals surface area contributed by atoms with Crippen LogP contribution in [0.25, 0.3) is 0 Å². The molecule has 4 saturated carbocycles. The van der Waals surface area contributed by atoms with E-state index in [1.165, 1.54) is 0 Å². The molecule has 4 aliphatic carbocycles. The van der Waals surface area contributed by atoms with Gasteiger partial charge in [-0.25, -0.2) is 8.42 Å². The van der Waals surface area contributed by atoms with E-state index in [0.29, 0.717) is 33.4 Å². The molecule has 6 atom stereocenters. The highest BCUT2D eigenvalue weighted by molar-refractivity contribution is 9.09. The van der Waals surface area contributed by atoms with Crippen LogP contribution in [-0.2, 0) is 9.84 Å². The standard InChI is InChI=1S/C13H13BrO2S/c14-12-9-6-8-10(12)11(8)13(9)17(15,16)7-4-2-1-3-5-7/h1-5,8-13H,6H2/t8-,9-,10+,11+,12+,13-/m0/s1. The molecule has 4 fully saturated rings. The molecule has 4 bridgehead atoms. The summed E-state index contributed by atoms with van der Waals surface area (Å²) in [6, 6.07) is 8.93. The number of hydrogen-bond donors (Lipinski definition) is 0. The normalized spacial score (nSPS) is 46.2. The van der Waals surface area contributed by atoms with Gasteiger partial charge in [0, 0.05) is 4.83 Å². The van der Waals surface area contributed by atoms with Gasteiger partial charge >= 0.3 is 0 Å². The largest absolute Gasteiger partial charge is 0.223 e. The van der Waals surface area contributed by atoms with E-state index in [2.05, 4.69) is 15.9 Å². The van der Waals surface area contributed by atoms with Crippen LogP contribution >= 0.6 is 15.9 Å². The minimum atomic E-state index is -3.12. The van der Waals surface area contributed by atoms with Crippen LogP contribution in [0, 0.1) is 23.7 Å². The van der Waals surface area contributed by atoms with Crippen molar-refractivity contribution in [1.29, 1.82) is 0 Å². The summed E-state index contributed by atoms with van der Waals surface area (Å²) < 4.78 is 25.3. The van der Waals surface area contributed by atoms with Gasteiger partial charge in [-0.2, -0.15) is 0 Å². The molecule has 0 saturated heterocycles. The molecule has 0 unspecified atom stereocenters. The van der Waals surface area contributed by atoms with E-state index in [1.54, 1.807) is 12.1 Å². The van der Waals surface area contributed by atoms with E-state index in [9.17, 15) is 8.42 Å². The third kappa shape index (κ3) is 1.18. The van der Waals surface area contributed by atoms with Gasteiger partial charge in [0.25, 0.3) is 0 Å². The van der Waals surface area contributed by atoms with Gasteiger partial charge in [0.05, 0.1) is 10.1 Å². The van der Waals surface area contributed by atoms with Gasteiger partial charge in [-0.1, -0.05) is 34.1 Å². The molecule has 4 heteroatoms. The average Bonchev–Trinajstić information content (AvgIpc) is 2.64. The number of halogens is 1. The van der Waals surface area contributed by atoms with Crippen molar-refractivity contribution < 1.29 is 8.42 Å². The number of benzene rings is 1. The fraction of sp³-hybridized carbons (Fsp3) is 0.538. The van der Waals surface area contributed by atoms with Crippen molar-refractivity contribution in [3.05, 3.63) is 30.3 Å². The van der Waals surface area contributed by atoms with Crippen molar-refractivity contribution in [1.82, 2.24) is 0 Å². The summed E-state index contributed by atoms with van der Waals surface area (Å²) in [6.45, 7) is 0. The average molecular weight is 313 g/mol. The molecule has 5 rings (SSSR count). The highest BCUT2D eigenvalue weighted by Gasteiger charge is 2.75. The molecule has 0 aliphatic heterocycles. The molecule has 1 aromatic carbocycles. The first-order valence-electron chi connectivity index (χ1n) is 6.05. The molecule has 0 spiro atoms. The molecule has 1 aromatic rings. The summed E-state index contributed by atoms with van der Waals surface area (Å²) in [4.78, 5) is 0.948. The molecule has 90 valence electrons. The first-order chi connectivity index (χ1) is 8.12.